The van der Waals surface area contributed by atoms with E-state index in [4.69, 9.17) is 4.52 Å². The molecule has 2 heterocycles. The van der Waals surface area contributed by atoms with Crippen molar-refractivity contribution >= 4 is 5.96 Å². The summed E-state index contributed by atoms with van der Waals surface area (Å²) in [4.78, 5) is 13.3. The summed E-state index contributed by atoms with van der Waals surface area (Å²) in [5.41, 5.74) is 2.03. The van der Waals surface area contributed by atoms with Crippen molar-refractivity contribution < 1.29 is 4.52 Å². The molecule has 0 aliphatic carbocycles. The maximum atomic E-state index is 5.29. The van der Waals surface area contributed by atoms with Crippen molar-refractivity contribution in [1.82, 2.24) is 25.8 Å². The zero-order chi connectivity index (χ0) is 20.3. The maximum Gasteiger partial charge on any atom is 0.276 e. The zero-order valence-electron chi connectivity index (χ0n) is 17.0. The minimum atomic E-state index is 0.314. The summed E-state index contributed by atoms with van der Waals surface area (Å²) in [5, 5.41) is 10.8. The van der Waals surface area contributed by atoms with E-state index in [0.717, 1.165) is 25.3 Å². The van der Waals surface area contributed by atoms with Gasteiger partial charge in [0.25, 0.3) is 5.89 Å². The van der Waals surface area contributed by atoms with Crippen LogP contribution in [0.3, 0.4) is 0 Å². The lowest BCUT2D eigenvalue weighted by Gasteiger charge is -2.17. The van der Waals surface area contributed by atoms with Crippen molar-refractivity contribution in [2.45, 2.75) is 39.2 Å². The number of nitrogens with one attached hydrogen (secondary N) is 2. The Kier molecular flexibility index (Phi) is 7.74. The van der Waals surface area contributed by atoms with Crippen LogP contribution in [0.1, 0.15) is 31.7 Å². The van der Waals surface area contributed by atoms with Gasteiger partial charge < -0.3 is 15.2 Å². The SMILES string of the molecule is CCNC(=NCCc1noc(-c2ccccn2)n1)NC(C)CCc1ccccc1. The number of aryl methyl sites for hydroxylation is 1. The Morgan fingerprint density at radius 1 is 1.10 bits per heavy atom. The van der Waals surface area contributed by atoms with Gasteiger partial charge in [-0.05, 0) is 44.4 Å². The number of hydrogen-bond acceptors (Lipinski definition) is 5. The van der Waals surface area contributed by atoms with Gasteiger partial charge in [0, 0.05) is 31.7 Å². The first kappa shape index (κ1) is 20.5. The van der Waals surface area contributed by atoms with Gasteiger partial charge in [0.2, 0.25) is 0 Å². The fraction of sp³-hybridized carbons (Fsp3) is 0.364. The molecule has 2 aromatic heterocycles. The van der Waals surface area contributed by atoms with Crippen molar-refractivity contribution in [1.29, 1.82) is 0 Å². The monoisotopic (exact) mass is 392 g/mol. The minimum absolute atomic E-state index is 0.314. The van der Waals surface area contributed by atoms with Crippen LogP contribution in [-0.2, 0) is 12.8 Å². The summed E-state index contributed by atoms with van der Waals surface area (Å²) in [7, 11) is 0. The number of pyridine rings is 1. The largest absolute Gasteiger partial charge is 0.357 e. The van der Waals surface area contributed by atoms with Crippen molar-refractivity contribution in [3.63, 3.8) is 0 Å². The molecule has 0 aliphatic heterocycles. The van der Waals surface area contributed by atoms with Crippen LogP contribution < -0.4 is 10.6 Å². The second kappa shape index (κ2) is 10.9. The van der Waals surface area contributed by atoms with Gasteiger partial charge in [-0.2, -0.15) is 4.98 Å². The van der Waals surface area contributed by atoms with E-state index in [0.29, 0.717) is 36.4 Å². The molecular formula is C22H28N6O. The number of aromatic nitrogens is 3. The lowest BCUT2D eigenvalue weighted by Crippen LogP contribution is -2.42. The van der Waals surface area contributed by atoms with Crippen molar-refractivity contribution in [2.75, 3.05) is 13.1 Å². The second-order valence-electron chi connectivity index (χ2n) is 6.81. The number of guanidine groups is 1. The molecule has 0 spiro atoms. The van der Waals surface area contributed by atoms with Gasteiger partial charge in [0.05, 0.1) is 0 Å². The molecule has 0 fully saturated rings. The summed E-state index contributed by atoms with van der Waals surface area (Å²) >= 11 is 0. The van der Waals surface area contributed by atoms with E-state index in [1.54, 1.807) is 6.20 Å². The van der Waals surface area contributed by atoms with Crippen molar-refractivity contribution in [3.8, 4) is 11.6 Å². The van der Waals surface area contributed by atoms with Gasteiger partial charge >= 0.3 is 0 Å². The van der Waals surface area contributed by atoms with Gasteiger partial charge in [-0.15, -0.1) is 0 Å². The molecule has 1 unspecified atom stereocenters. The topological polar surface area (TPSA) is 88.2 Å². The fourth-order valence-electron chi connectivity index (χ4n) is 2.87. The van der Waals surface area contributed by atoms with Gasteiger partial charge in [0.1, 0.15) is 5.69 Å². The first-order valence-electron chi connectivity index (χ1n) is 10.1. The highest BCUT2D eigenvalue weighted by atomic mass is 16.5. The van der Waals surface area contributed by atoms with E-state index in [1.807, 2.05) is 24.3 Å². The molecule has 0 saturated carbocycles. The van der Waals surface area contributed by atoms with E-state index < -0.39 is 0 Å². The predicted molar refractivity (Wildman–Crippen MR) is 115 cm³/mol. The van der Waals surface area contributed by atoms with Crippen LogP contribution in [-0.4, -0.2) is 40.2 Å². The molecule has 7 nitrogen and oxygen atoms in total. The lowest BCUT2D eigenvalue weighted by molar-refractivity contribution is 0.421. The molecule has 1 aromatic carbocycles. The van der Waals surface area contributed by atoms with Gasteiger partial charge in [-0.3, -0.25) is 9.98 Å². The summed E-state index contributed by atoms with van der Waals surface area (Å²) in [5.74, 6) is 1.87. The Hall–Kier alpha value is -3.22. The van der Waals surface area contributed by atoms with E-state index in [9.17, 15) is 0 Å². The Balaban J connectivity index is 1.49. The van der Waals surface area contributed by atoms with Crippen LogP contribution in [0.15, 0.2) is 64.2 Å². The molecule has 3 rings (SSSR count). The summed E-state index contributed by atoms with van der Waals surface area (Å²) in [6.45, 7) is 5.61. The Morgan fingerprint density at radius 2 is 1.93 bits per heavy atom. The normalized spacial score (nSPS) is 12.6. The van der Waals surface area contributed by atoms with Gasteiger partial charge in [-0.1, -0.05) is 41.6 Å². The predicted octanol–water partition coefficient (Wildman–Crippen LogP) is 3.25. The molecular weight excluding hydrogens is 364 g/mol. The fourth-order valence-corrected chi connectivity index (χ4v) is 2.87. The quantitative estimate of drug-likeness (QED) is 0.429. The summed E-state index contributed by atoms with van der Waals surface area (Å²) in [6, 6.07) is 16.4. The van der Waals surface area contributed by atoms with E-state index >= 15 is 0 Å². The Morgan fingerprint density at radius 3 is 2.69 bits per heavy atom. The summed E-state index contributed by atoms with van der Waals surface area (Å²) in [6.07, 6.45) is 4.38. The number of hydrogen-bond donors (Lipinski definition) is 2. The van der Waals surface area contributed by atoms with Crippen LogP contribution in [0.5, 0.6) is 0 Å². The molecule has 2 N–H and O–H groups in total. The third-order valence-electron chi connectivity index (χ3n) is 4.39. The molecule has 1 atom stereocenters. The molecule has 0 radical (unpaired) electrons. The Bertz CT molecular complexity index is 879. The third kappa shape index (κ3) is 6.71. The van der Waals surface area contributed by atoms with Crippen molar-refractivity contribution in [2.24, 2.45) is 4.99 Å². The average molecular weight is 393 g/mol. The highest BCUT2D eigenvalue weighted by Crippen LogP contribution is 2.13. The number of rotatable bonds is 9. The zero-order valence-corrected chi connectivity index (χ0v) is 17.0. The molecule has 29 heavy (non-hydrogen) atoms. The lowest BCUT2D eigenvalue weighted by atomic mass is 10.1. The Labute approximate surface area is 171 Å². The first-order chi connectivity index (χ1) is 14.2. The number of benzene rings is 1. The smallest absolute Gasteiger partial charge is 0.276 e. The highest BCUT2D eigenvalue weighted by molar-refractivity contribution is 5.80. The number of aliphatic imine (C=N–C) groups is 1. The van der Waals surface area contributed by atoms with Crippen LogP contribution in [0, 0.1) is 0 Å². The molecule has 0 amide bonds. The van der Waals surface area contributed by atoms with Gasteiger partial charge in [0.15, 0.2) is 11.8 Å². The van der Waals surface area contributed by atoms with E-state index in [2.05, 4.69) is 68.9 Å². The molecule has 152 valence electrons. The minimum Gasteiger partial charge on any atom is -0.357 e. The van der Waals surface area contributed by atoms with Crippen LogP contribution >= 0.6 is 0 Å². The summed E-state index contributed by atoms with van der Waals surface area (Å²) < 4.78 is 5.29. The molecule has 0 aliphatic rings. The van der Waals surface area contributed by atoms with Crippen LogP contribution in [0.2, 0.25) is 0 Å². The average Bonchev–Trinajstić information content (AvgIpc) is 3.23. The van der Waals surface area contributed by atoms with Crippen LogP contribution in [0.25, 0.3) is 11.6 Å². The van der Waals surface area contributed by atoms with Crippen molar-refractivity contribution in [3.05, 3.63) is 66.1 Å². The van der Waals surface area contributed by atoms with Gasteiger partial charge in [-0.25, -0.2) is 0 Å². The van der Waals surface area contributed by atoms with Crippen LogP contribution in [0.4, 0.5) is 0 Å². The molecule has 3 aromatic rings. The molecule has 0 saturated heterocycles. The number of nitrogens with zero attached hydrogens (tertiary/aromatic N) is 4. The first-order valence-corrected chi connectivity index (χ1v) is 10.1. The second-order valence-corrected chi connectivity index (χ2v) is 6.81. The standard InChI is InChI=1S/C22H28N6O/c1-3-23-22(26-17(2)12-13-18-9-5-4-6-10-18)25-16-14-20-27-21(29-28-20)19-11-7-8-15-24-19/h4-11,15,17H,3,12-14,16H2,1-2H3,(H2,23,25,26). The van der Waals surface area contributed by atoms with E-state index in [-0.39, 0.29) is 0 Å². The van der Waals surface area contributed by atoms with E-state index in [1.165, 1.54) is 5.56 Å². The molecule has 0 bridgehead atoms. The molecule has 7 heteroatoms. The maximum absolute atomic E-state index is 5.29. The highest BCUT2D eigenvalue weighted by Gasteiger charge is 2.10. The third-order valence-corrected chi connectivity index (χ3v) is 4.39.